The Morgan fingerprint density at radius 3 is 2.71 bits per heavy atom. The lowest BCUT2D eigenvalue weighted by Crippen LogP contribution is -2.53. The topological polar surface area (TPSA) is 121 Å². The molecule has 5 rings (SSSR count). The molecule has 1 fully saturated rings. The summed E-state index contributed by atoms with van der Waals surface area (Å²) in [6.45, 7) is 4.05. The zero-order valence-electron chi connectivity index (χ0n) is 20.2. The lowest BCUT2D eigenvalue weighted by atomic mass is 9.87. The minimum Gasteiger partial charge on any atom is -0.390 e. The molecule has 2 heterocycles. The monoisotopic (exact) mass is 475 g/mol. The van der Waals surface area contributed by atoms with Gasteiger partial charge in [0.1, 0.15) is 0 Å². The smallest absolute Gasteiger partial charge is 0.232 e. The van der Waals surface area contributed by atoms with Gasteiger partial charge in [-0.2, -0.15) is 0 Å². The highest BCUT2D eigenvalue weighted by Gasteiger charge is 2.54. The number of nitrogens with zero attached hydrogens (tertiary/aromatic N) is 3. The van der Waals surface area contributed by atoms with Crippen LogP contribution in [0.4, 0.5) is 0 Å². The summed E-state index contributed by atoms with van der Waals surface area (Å²) in [5.41, 5.74) is 8.82. The zero-order valence-corrected chi connectivity index (χ0v) is 20.2. The quantitative estimate of drug-likeness (QED) is 0.569. The molecule has 1 aliphatic heterocycles. The molecule has 4 N–H and O–H groups in total. The van der Waals surface area contributed by atoms with Gasteiger partial charge in [-0.3, -0.25) is 19.5 Å². The van der Waals surface area contributed by atoms with Crippen molar-refractivity contribution in [2.45, 2.75) is 69.7 Å². The average molecular weight is 476 g/mol. The number of guanidine groups is 1. The van der Waals surface area contributed by atoms with Crippen LogP contribution in [0.25, 0.3) is 0 Å². The first-order chi connectivity index (χ1) is 16.9. The fraction of sp³-hybridized carbons (Fsp3) is 0.481. The first kappa shape index (κ1) is 23.5. The summed E-state index contributed by atoms with van der Waals surface area (Å²) in [6, 6.07) is 10.7. The summed E-state index contributed by atoms with van der Waals surface area (Å²) >= 11 is 0. The summed E-state index contributed by atoms with van der Waals surface area (Å²) in [7, 11) is 0. The largest absolute Gasteiger partial charge is 0.390 e. The number of aliphatic hydroxyl groups is 1. The van der Waals surface area contributed by atoms with Gasteiger partial charge in [-0.05, 0) is 47.9 Å². The molecule has 1 saturated carbocycles. The number of carbonyl (C=O) groups is 2. The Morgan fingerprint density at radius 2 is 2.03 bits per heavy atom. The number of rotatable bonds is 7. The molecular weight excluding hydrogens is 442 g/mol. The van der Waals surface area contributed by atoms with Crippen molar-refractivity contribution in [2.24, 2.45) is 22.6 Å². The number of nitrogens with one attached hydrogen (secondary N) is 1. The number of aliphatic hydroxyl groups excluding tert-OH is 1. The van der Waals surface area contributed by atoms with Crippen molar-refractivity contribution in [2.75, 3.05) is 0 Å². The van der Waals surface area contributed by atoms with E-state index in [0.717, 1.165) is 29.5 Å². The minimum absolute atomic E-state index is 0.0683. The Labute approximate surface area is 205 Å². The molecule has 35 heavy (non-hydrogen) atoms. The molecule has 3 aliphatic rings. The highest BCUT2D eigenvalue weighted by atomic mass is 16.3. The van der Waals surface area contributed by atoms with Crippen LogP contribution < -0.4 is 11.1 Å². The zero-order chi connectivity index (χ0) is 24.7. The van der Waals surface area contributed by atoms with Gasteiger partial charge in [0.25, 0.3) is 0 Å². The van der Waals surface area contributed by atoms with E-state index in [4.69, 9.17) is 10.7 Å². The molecule has 2 aromatic rings. The molecule has 0 radical (unpaired) electrons. The van der Waals surface area contributed by atoms with Crippen molar-refractivity contribution in [3.05, 3.63) is 65.5 Å². The Balaban J connectivity index is 1.39. The molecule has 5 atom stereocenters. The second kappa shape index (κ2) is 9.07. The fourth-order valence-electron chi connectivity index (χ4n) is 5.80. The summed E-state index contributed by atoms with van der Waals surface area (Å²) in [4.78, 5) is 37.3. The molecule has 184 valence electrons. The number of amides is 2. The van der Waals surface area contributed by atoms with Crippen LogP contribution in [0.5, 0.6) is 0 Å². The Hall–Kier alpha value is -3.26. The van der Waals surface area contributed by atoms with E-state index in [9.17, 15) is 14.7 Å². The lowest BCUT2D eigenvalue weighted by Gasteiger charge is -2.40. The Morgan fingerprint density at radius 1 is 1.26 bits per heavy atom. The number of carbonyl (C=O) groups excluding carboxylic acids is 2. The molecule has 1 unspecified atom stereocenters. The van der Waals surface area contributed by atoms with E-state index in [1.165, 1.54) is 0 Å². The van der Waals surface area contributed by atoms with Gasteiger partial charge < -0.3 is 16.2 Å². The first-order valence-corrected chi connectivity index (χ1v) is 12.5. The summed E-state index contributed by atoms with van der Waals surface area (Å²) < 4.78 is 0. The van der Waals surface area contributed by atoms with Gasteiger partial charge in [0.05, 0.1) is 30.1 Å². The molecule has 8 heteroatoms. The molecule has 1 aromatic carbocycles. The van der Waals surface area contributed by atoms with Crippen molar-refractivity contribution in [1.82, 2.24) is 15.2 Å². The van der Waals surface area contributed by atoms with Gasteiger partial charge in [-0.25, -0.2) is 4.99 Å². The highest BCUT2D eigenvalue weighted by molar-refractivity contribution is 5.99. The number of fused-ring (bicyclic) bond motifs is 1. The van der Waals surface area contributed by atoms with Gasteiger partial charge >= 0.3 is 0 Å². The van der Waals surface area contributed by atoms with Crippen molar-refractivity contribution >= 4 is 17.8 Å². The first-order valence-electron chi connectivity index (χ1n) is 12.5. The van der Waals surface area contributed by atoms with E-state index >= 15 is 0 Å². The van der Waals surface area contributed by atoms with Crippen LogP contribution in [0.15, 0.2) is 53.8 Å². The molecule has 2 amide bonds. The number of hydrogen-bond donors (Lipinski definition) is 3. The maximum Gasteiger partial charge on any atom is 0.232 e. The molecular formula is C27H33N5O3. The van der Waals surface area contributed by atoms with Gasteiger partial charge in [-0.1, -0.05) is 44.2 Å². The molecule has 0 bridgehead atoms. The molecule has 2 aliphatic carbocycles. The van der Waals surface area contributed by atoms with Crippen molar-refractivity contribution in [3.63, 3.8) is 0 Å². The third-order valence-corrected chi connectivity index (χ3v) is 8.05. The van der Waals surface area contributed by atoms with Gasteiger partial charge in [0, 0.05) is 24.7 Å². The lowest BCUT2D eigenvalue weighted by molar-refractivity contribution is -0.132. The molecule has 8 nitrogen and oxygen atoms in total. The maximum absolute atomic E-state index is 13.4. The number of aliphatic imine (C=N–C) groups is 1. The van der Waals surface area contributed by atoms with Crippen LogP contribution in [-0.2, 0) is 16.0 Å². The molecule has 0 saturated heterocycles. The Kier molecular flexibility index (Phi) is 6.09. The van der Waals surface area contributed by atoms with Crippen LogP contribution in [0.2, 0.25) is 0 Å². The van der Waals surface area contributed by atoms with E-state index in [-0.39, 0.29) is 29.6 Å². The number of pyridine rings is 1. The second-order valence-electron chi connectivity index (χ2n) is 10.0. The van der Waals surface area contributed by atoms with E-state index in [0.29, 0.717) is 19.3 Å². The van der Waals surface area contributed by atoms with E-state index < -0.39 is 23.7 Å². The van der Waals surface area contributed by atoms with E-state index in [1.54, 1.807) is 17.3 Å². The third kappa shape index (κ3) is 4.20. The van der Waals surface area contributed by atoms with Crippen molar-refractivity contribution in [3.8, 4) is 0 Å². The minimum atomic E-state index is -0.648. The second-order valence-corrected chi connectivity index (χ2v) is 10.0. The van der Waals surface area contributed by atoms with Gasteiger partial charge in [0.15, 0.2) is 5.96 Å². The van der Waals surface area contributed by atoms with Crippen LogP contribution in [-0.4, -0.2) is 44.4 Å². The maximum atomic E-state index is 13.4. The Bertz CT molecular complexity index is 1150. The number of hydrogen-bond acceptors (Lipinski definition) is 6. The molecule has 0 spiro atoms. The average Bonchev–Trinajstić information content (AvgIpc) is 3.59. The van der Waals surface area contributed by atoms with Crippen LogP contribution in [0.1, 0.15) is 68.3 Å². The summed E-state index contributed by atoms with van der Waals surface area (Å²) in [5, 5.41) is 13.6. The van der Waals surface area contributed by atoms with Crippen molar-refractivity contribution in [1.29, 1.82) is 0 Å². The third-order valence-electron chi connectivity index (χ3n) is 8.05. The van der Waals surface area contributed by atoms with Gasteiger partial charge in [0.2, 0.25) is 11.8 Å². The van der Waals surface area contributed by atoms with Crippen LogP contribution in [0, 0.1) is 11.8 Å². The summed E-state index contributed by atoms with van der Waals surface area (Å²) in [6.07, 6.45) is 5.69. The SMILES string of the molecule is CCC1(CC)CC(=O)N([C@H](c2cccnc2)C2C[C@H]2C(=O)N[C@@H]2c3ccccc3C[C@H]2O)C(N)=N1. The molecule has 1 aromatic heterocycles. The highest BCUT2D eigenvalue weighted by Crippen LogP contribution is 2.51. The predicted octanol–water partition coefficient (Wildman–Crippen LogP) is 2.64. The number of nitrogens with two attached hydrogens (primary N) is 1. The van der Waals surface area contributed by atoms with E-state index in [1.807, 2.05) is 50.2 Å². The normalized spacial score (nSPS) is 27.7. The van der Waals surface area contributed by atoms with Crippen molar-refractivity contribution < 1.29 is 14.7 Å². The standard InChI is InChI=1S/C27H33N5O3/c1-3-27(4-2)14-22(34)32(26(28)31-27)24(17-9-7-11-29-15-17)19-13-20(19)25(35)30-23-18-10-6-5-8-16(18)12-21(23)33/h5-11,15,19-21,23-24,33H,3-4,12-14H2,1-2H3,(H2,28,31)(H,30,35)/t19?,20-,21-,23-,24-/m1/s1. The fourth-order valence-corrected chi connectivity index (χ4v) is 5.80. The number of aromatic nitrogens is 1. The van der Waals surface area contributed by atoms with Crippen LogP contribution in [0.3, 0.4) is 0 Å². The van der Waals surface area contributed by atoms with Gasteiger partial charge in [-0.15, -0.1) is 0 Å². The van der Waals surface area contributed by atoms with Crippen LogP contribution >= 0.6 is 0 Å². The number of benzene rings is 1. The predicted molar refractivity (Wildman–Crippen MR) is 132 cm³/mol. The summed E-state index contributed by atoms with van der Waals surface area (Å²) in [5.74, 6) is -0.362. The van der Waals surface area contributed by atoms with E-state index in [2.05, 4.69) is 10.3 Å².